The number of urea groups is 1. The summed E-state index contributed by atoms with van der Waals surface area (Å²) in [7, 11) is 0. The summed E-state index contributed by atoms with van der Waals surface area (Å²) in [6, 6.07) is 18.6. The molecule has 132 valence electrons. The van der Waals surface area contributed by atoms with Crippen molar-refractivity contribution in [3.8, 4) is 0 Å². The monoisotopic (exact) mass is 337 g/mol. The maximum absolute atomic E-state index is 12.4. The van der Waals surface area contributed by atoms with Crippen molar-refractivity contribution >= 4 is 17.4 Å². The smallest absolute Gasteiger partial charge is 0.319 e. The van der Waals surface area contributed by atoms with E-state index in [0.717, 1.165) is 37.2 Å². The van der Waals surface area contributed by atoms with Crippen LogP contribution in [0, 0.1) is 0 Å². The molecule has 1 aliphatic heterocycles. The summed E-state index contributed by atoms with van der Waals surface area (Å²) in [5.74, 6) is 0.380. The Kier molecular flexibility index (Phi) is 5.59. The molecule has 0 atom stereocenters. The second kappa shape index (κ2) is 8.06. The van der Waals surface area contributed by atoms with Crippen molar-refractivity contribution in [2.45, 2.75) is 38.6 Å². The SMILES string of the molecule is CC(C)c1ccccc1NC(=O)NC1CCN(c2ccccc2)CC1. The molecule has 0 radical (unpaired) electrons. The van der Waals surface area contributed by atoms with E-state index in [4.69, 9.17) is 0 Å². The molecule has 2 amide bonds. The summed E-state index contributed by atoms with van der Waals surface area (Å²) in [5.41, 5.74) is 3.32. The van der Waals surface area contributed by atoms with Crippen molar-refractivity contribution in [2.75, 3.05) is 23.3 Å². The van der Waals surface area contributed by atoms with Gasteiger partial charge in [-0.25, -0.2) is 4.79 Å². The van der Waals surface area contributed by atoms with Gasteiger partial charge >= 0.3 is 6.03 Å². The van der Waals surface area contributed by atoms with E-state index in [1.165, 1.54) is 5.69 Å². The first-order chi connectivity index (χ1) is 12.1. The first kappa shape index (κ1) is 17.3. The van der Waals surface area contributed by atoms with Gasteiger partial charge < -0.3 is 15.5 Å². The third-order valence-corrected chi connectivity index (χ3v) is 4.78. The van der Waals surface area contributed by atoms with Gasteiger partial charge in [-0.15, -0.1) is 0 Å². The van der Waals surface area contributed by atoms with Crippen LogP contribution in [0.1, 0.15) is 38.2 Å². The molecule has 2 aromatic carbocycles. The Balaban J connectivity index is 1.52. The van der Waals surface area contributed by atoms with Crippen molar-refractivity contribution in [2.24, 2.45) is 0 Å². The molecule has 3 rings (SSSR count). The maximum atomic E-state index is 12.4. The van der Waals surface area contributed by atoms with Gasteiger partial charge in [0.05, 0.1) is 0 Å². The molecule has 0 saturated carbocycles. The van der Waals surface area contributed by atoms with Gasteiger partial charge in [0.1, 0.15) is 0 Å². The van der Waals surface area contributed by atoms with Crippen LogP contribution in [-0.4, -0.2) is 25.2 Å². The van der Waals surface area contributed by atoms with Crippen LogP contribution in [0.3, 0.4) is 0 Å². The number of carbonyl (C=O) groups excluding carboxylic acids is 1. The number of anilines is 2. The molecule has 1 fully saturated rings. The Hall–Kier alpha value is -2.49. The molecule has 1 heterocycles. The van der Waals surface area contributed by atoms with Crippen LogP contribution in [0.25, 0.3) is 0 Å². The second-order valence-electron chi connectivity index (χ2n) is 6.94. The van der Waals surface area contributed by atoms with Gasteiger partial charge in [-0.05, 0) is 42.5 Å². The molecule has 25 heavy (non-hydrogen) atoms. The average Bonchev–Trinajstić information content (AvgIpc) is 2.63. The maximum Gasteiger partial charge on any atom is 0.319 e. The molecule has 0 bridgehead atoms. The van der Waals surface area contributed by atoms with E-state index in [2.05, 4.69) is 59.7 Å². The lowest BCUT2D eigenvalue weighted by molar-refractivity contribution is 0.246. The molecular formula is C21H27N3O. The predicted octanol–water partition coefficient (Wildman–Crippen LogP) is 4.60. The van der Waals surface area contributed by atoms with Gasteiger partial charge in [0.15, 0.2) is 0 Å². The van der Waals surface area contributed by atoms with Crippen LogP contribution in [0.2, 0.25) is 0 Å². The first-order valence-corrected chi connectivity index (χ1v) is 9.10. The summed E-state index contributed by atoms with van der Waals surface area (Å²) in [6.07, 6.45) is 1.93. The average molecular weight is 337 g/mol. The number of carbonyl (C=O) groups is 1. The molecular weight excluding hydrogens is 310 g/mol. The quantitative estimate of drug-likeness (QED) is 0.856. The van der Waals surface area contributed by atoms with Gasteiger partial charge in [-0.3, -0.25) is 0 Å². The number of hydrogen-bond donors (Lipinski definition) is 2. The zero-order valence-electron chi connectivity index (χ0n) is 15.0. The fourth-order valence-corrected chi connectivity index (χ4v) is 3.38. The zero-order valence-corrected chi connectivity index (χ0v) is 15.0. The highest BCUT2D eigenvalue weighted by molar-refractivity contribution is 5.90. The highest BCUT2D eigenvalue weighted by atomic mass is 16.2. The lowest BCUT2D eigenvalue weighted by atomic mass is 10.0. The Morgan fingerprint density at radius 3 is 2.32 bits per heavy atom. The van der Waals surface area contributed by atoms with Crippen LogP contribution in [0.15, 0.2) is 54.6 Å². The van der Waals surface area contributed by atoms with E-state index in [1.54, 1.807) is 0 Å². The lowest BCUT2D eigenvalue weighted by Gasteiger charge is -2.34. The second-order valence-corrected chi connectivity index (χ2v) is 6.94. The summed E-state index contributed by atoms with van der Waals surface area (Å²) in [6.45, 7) is 6.21. The van der Waals surface area contributed by atoms with Crippen molar-refractivity contribution in [3.63, 3.8) is 0 Å². The molecule has 2 N–H and O–H groups in total. The Bertz CT molecular complexity index is 691. The Morgan fingerprint density at radius 2 is 1.64 bits per heavy atom. The van der Waals surface area contributed by atoms with E-state index in [-0.39, 0.29) is 12.1 Å². The number of rotatable bonds is 4. The van der Waals surface area contributed by atoms with E-state index in [1.807, 2.05) is 24.3 Å². The van der Waals surface area contributed by atoms with E-state index in [9.17, 15) is 4.79 Å². The predicted molar refractivity (Wildman–Crippen MR) is 104 cm³/mol. The highest BCUT2D eigenvalue weighted by Crippen LogP contribution is 2.24. The highest BCUT2D eigenvalue weighted by Gasteiger charge is 2.21. The number of amides is 2. The minimum Gasteiger partial charge on any atom is -0.371 e. The molecule has 2 aromatic rings. The zero-order chi connectivity index (χ0) is 17.6. The van der Waals surface area contributed by atoms with Gasteiger partial charge in [-0.1, -0.05) is 50.2 Å². The first-order valence-electron chi connectivity index (χ1n) is 9.10. The van der Waals surface area contributed by atoms with E-state index in [0.29, 0.717) is 5.92 Å². The fraction of sp³-hybridized carbons (Fsp3) is 0.381. The van der Waals surface area contributed by atoms with E-state index < -0.39 is 0 Å². The minimum absolute atomic E-state index is 0.105. The normalized spacial score (nSPS) is 15.2. The molecule has 1 aliphatic rings. The lowest BCUT2D eigenvalue weighted by Crippen LogP contribution is -2.46. The molecule has 1 saturated heterocycles. The third kappa shape index (κ3) is 4.53. The van der Waals surface area contributed by atoms with Crippen LogP contribution >= 0.6 is 0 Å². The van der Waals surface area contributed by atoms with Crippen LogP contribution in [0.5, 0.6) is 0 Å². The van der Waals surface area contributed by atoms with Crippen LogP contribution in [0.4, 0.5) is 16.2 Å². The minimum atomic E-state index is -0.105. The van der Waals surface area contributed by atoms with Gasteiger partial charge in [-0.2, -0.15) is 0 Å². The van der Waals surface area contributed by atoms with Gasteiger partial charge in [0.2, 0.25) is 0 Å². The molecule has 0 spiro atoms. The number of benzene rings is 2. The molecule has 4 nitrogen and oxygen atoms in total. The summed E-state index contributed by atoms with van der Waals surface area (Å²) in [4.78, 5) is 14.8. The third-order valence-electron chi connectivity index (χ3n) is 4.78. The number of hydrogen-bond acceptors (Lipinski definition) is 2. The fourth-order valence-electron chi connectivity index (χ4n) is 3.38. The molecule has 0 aliphatic carbocycles. The summed E-state index contributed by atoms with van der Waals surface area (Å²) < 4.78 is 0. The molecule has 4 heteroatoms. The van der Waals surface area contributed by atoms with Crippen molar-refractivity contribution < 1.29 is 4.79 Å². The van der Waals surface area contributed by atoms with Crippen LogP contribution < -0.4 is 15.5 Å². The largest absolute Gasteiger partial charge is 0.371 e. The summed E-state index contributed by atoms with van der Waals surface area (Å²) in [5, 5.41) is 6.15. The Labute approximate surface area is 150 Å². The number of para-hydroxylation sites is 2. The standard InChI is InChI=1S/C21H27N3O/c1-16(2)19-10-6-7-11-20(19)23-21(25)22-17-12-14-24(15-13-17)18-8-4-3-5-9-18/h3-11,16-17H,12-15H2,1-2H3,(H2,22,23,25). The van der Waals surface area contributed by atoms with Crippen LogP contribution in [-0.2, 0) is 0 Å². The van der Waals surface area contributed by atoms with E-state index >= 15 is 0 Å². The topological polar surface area (TPSA) is 44.4 Å². The van der Waals surface area contributed by atoms with Gasteiger partial charge in [0.25, 0.3) is 0 Å². The number of nitrogens with one attached hydrogen (secondary N) is 2. The Morgan fingerprint density at radius 1 is 1.00 bits per heavy atom. The number of piperidine rings is 1. The van der Waals surface area contributed by atoms with Gasteiger partial charge in [0, 0.05) is 30.5 Å². The molecule has 0 aromatic heterocycles. The van der Waals surface area contributed by atoms with Crippen molar-refractivity contribution in [3.05, 3.63) is 60.2 Å². The summed E-state index contributed by atoms with van der Waals surface area (Å²) >= 11 is 0. The van der Waals surface area contributed by atoms with Crippen molar-refractivity contribution in [1.82, 2.24) is 5.32 Å². The van der Waals surface area contributed by atoms with Crippen molar-refractivity contribution in [1.29, 1.82) is 0 Å². The molecule has 0 unspecified atom stereocenters. The number of nitrogens with zero attached hydrogens (tertiary/aromatic N) is 1.